The topological polar surface area (TPSA) is 34.2 Å². The molecule has 356 valence electrons. The Bertz CT molecular complexity index is 2950. The maximum absolute atomic E-state index is 6.05. The lowest BCUT2D eigenvalue weighted by Gasteiger charge is -2.27. The molecule has 5 nitrogen and oxygen atoms in total. The first-order chi connectivity index (χ1) is 33.4. The summed E-state index contributed by atoms with van der Waals surface area (Å²) >= 11 is 17.7. The van der Waals surface area contributed by atoms with Gasteiger partial charge in [-0.25, -0.2) is 0 Å². The molecule has 9 aromatic carbocycles. The van der Waals surface area contributed by atoms with Crippen LogP contribution in [0.1, 0.15) is 29.7 Å². The summed E-state index contributed by atoms with van der Waals surface area (Å²) in [6.45, 7) is 8.53. The van der Waals surface area contributed by atoms with E-state index in [-0.39, 0.29) is 7.43 Å². The minimum atomic E-state index is 0. The van der Waals surface area contributed by atoms with E-state index in [2.05, 4.69) is 147 Å². The maximum atomic E-state index is 6.05. The molecule has 0 bridgehead atoms. The van der Waals surface area contributed by atoms with Crippen molar-refractivity contribution in [3.63, 3.8) is 0 Å². The number of anilines is 6. The highest BCUT2D eigenvalue weighted by Gasteiger charge is 2.17. The molecule has 0 saturated carbocycles. The molecule has 70 heavy (non-hydrogen) atoms. The smallest absolute Gasteiger partial charge is 0.120 e. The maximum Gasteiger partial charge on any atom is 0.120 e. The first kappa shape index (κ1) is 52.2. The molecule has 0 aliphatic carbocycles. The van der Waals surface area contributed by atoms with Gasteiger partial charge in [0.2, 0.25) is 0 Å². The summed E-state index contributed by atoms with van der Waals surface area (Å²) in [5.74, 6) is 2.51. The van der Waals surface area contributed by atoms with Gasteiger partial charge in [0.1, 0.15) is 17.2 Å². The lowest BCUT2D eigenvalue weighted by Crippen LogP contribution is -2.11. The molecule has 0 heterocycles. The van der Waals surface area contributed by atoms with Gasteiger partial charge in [0.25, 0.3) is 0 Å². The quantitative estimate of drug-likeness (QED) is 0.129. The zero-order valence-electron chi connectivity index (χ0n) is 39.9. The Morgan fingerprint density at radius 1 is 0.314 bits per heavy atom. The van der Waals surface area contributed by atoms with E-state index >= 15 is 0 Å². The summed E-state index contributed by atoms with van der Waals surface area (Å²) in [6.07, 6.45) is 0. The molecular weight excluding hydrogens is 927 g/mol. The van der Waals surface area contributed by atoms with Gasteiger partial charge in [-0.05, 0) is 188 Å². The zero-order valence-corrected chi connectivity index (χ0v) is 42.2. The van der Waals surface area contributed by atoms with Gasteiger partial charge in [-0.2, -0.15) is 0 Å². The van der Waals surface area contributed by atoms with E-state index in [4.69, 9.17) is 49.0 Å². The second-order valence-electron chi connectivity index (χ2n) is 16.4. The van der Waals surface area contributed by atoms with Crippen molar-refractivity contribution in [3.05, 3.63) is 244 Å². The van der Waals surface area contributed by atoms with Crippen LogP contribution >= 0.6 is 34.8 Å². The molecule has 0 saturated heterocycles. The monoisotopic (exact) mass is 984 g/mol. The van der Waals surface area contributed by atoms with Crippen LogP contribution in [-0.2, 0) is 0 Å². The number of hydrogen-bond donors (Lipinski definition) is 0. The van der Waals surface area contributed by atoms with Crippen LogP contribution in [0.4, 0.5) is 34.1 Å². The van der Waals surface area contributed by atoms with Gasteiger partial charge >= 0.3 is 0 Å². The summed E-state index contributed by atoms with van der Waals surface area (Å²) in [5.41, 5.74) is 16.1. The number of hydrogen-bond acceptors (Lipinski definition) is 5. The summed E-state index contributed by atoms with van der Waals surface area (Å²) in [7, 11) is 5.01. The number of rotatable bonds is 11. The lowest BCUT2D eigenvalue weighted by molar-refractivity contribution is 0.415. The second kappa shape index (κ2) is 24.9. The minimum absolute atomic E-state index is 0. The molecule has 9 rings (SSSR count). The Morgan fingerprint density at radius 2 is 0.643 bits per heavy atom. The van der Waals surface area contributed by atoms with Crippen molar-refractivity contribution in [2.75, 3.05) is 31.1 Å². The summed E-state index contributed by atoms with van der Waals surface area (Å²) in [6, 6.07) is 69.8. The number of aryl methyl sites for hydroxylation is 4. The predicted molar refractivity (Wildman–Crippen MR) is 300 cm³/mol. The highest BCUT2D eigenvalue weighted by molar-refractivity contribution is 6.31. The van der Waals surface area contributed by atoms with Crippen molar-refractivity contribution in [2.45, 2.75) is 35.1 Å². The van der Waals surface area contributed by atoms with Gasteiger partial charge in [0.15, 0.2) is 0 Å². The van der Waals surface area contributed by atoms with E-state index in [0.29, 0.717) is 5.02 Å². The Kier molecular flexibility index (Phi) is 18.6. The normalized spacial score (nSPS) is 10.3. The van der Waals surface area contributed by atoms with Gasteiger partial charge in [-0.1, -0.05) is 132 Å². The van der Waals surface area contributed by atoms with Crippen molar-refractivity contribution in [1.29, 1.82) is 0 Å². The molecule has 0 fully saturated rings. The molecule has 0 aliphatic rings. The van der Waals surface area contributed by atoms with Crippen molar-refractivity contribution in [3.8, 4) is 39.5 Å². The fourth-order valence-electron chi connectivity index (χ4n) is 7.95. The molecule has 0 atom stereocenters. The van der Waals surface area contributed by atoms with E-state index in [9.17, 15) is 0 Å². The molecule has 0 spiro atoms. The Morgan fingerprint density at radius 3 is 0.957 bits per heavy atom. The van der Waals surface area contributed by atoms with Gasteiger partial charge in [0, 0.05) is 49.2 Å². The van der Waals surface area contributed by atoms with Gasteiger partial charge in [-0.3, -0.25) is 0 Å². The second-order valence-corrected chi connectivity index (χ2v) is 17.7. The van der Waals surface area contributed by atoms with Crippen LogP contribution in [0, 0.1) is 27.7 Å². The van der Waals surface area contributed by atoms with Gasteiger partial charge in [0.05, 0.1) is 21.3 Å². The van der Waals surface area contributed by atoms with Crippen molar-refractivity contribution in [2.24, 2.45) is 0 Å². The molecule has 0 amide bonds. The minimum Gasteiger partial charge on any atom is -0.497 e. The van der Waals surface area contributed by atoms with Crippen molar-refractivity contribution < 1.29 is 14.2 Å². The fraction of sp³-hybridized carbons (Fsp3) is 0.129. The molecule has 0 N–H and O–H groups in total. The molecule has 0 aromatic heterocycles. The third-order valence-corrected chi connectivity index (χ3v) is 12.2. The summed E-state index contributed by atoms with van der Waals surface area (Å²) in [5, 5.41) is 2.16. The standard InChI is InChI=1S/C34H31NO2.C20H17Cl2N.C7H7ClO.CH4/c1-24-11-20-34(25(2)21-24)35(30-16-12-26(13-17-30)28-7-5-9-32(22-28)36-3)31-18-14-27(15-19-31)29-8-6-10-33(23-29)37-4;1-14-3-12-20(15(2)13-14)23(18-8-4-16(21)5-9-18)19-10-6-17(22)7-11-19;1-9-7-4-2-3-6(8)5-7;/h5-23H,1-4H3;3-13H,1-2H3;2-5H,1H3;1H4. The Labute approximate surface area is 430 Å². The average Bonchev–Trinajstić information content (AvgIpc) is 3.37. The SMILES string of the molecule is C.COc1cccc(-c2ccc(N(c3ccc(-c4cccc(OC)c4)cc3)c3ccc(C)cc3C)cc2)c1.COc1cccc(Cl)c1.Cc1ccc(N(c2ccc(Cl)cc2)c2ccc(Cl)cc2)c(C)c1. The van der Waals surface area contributed by atoms with E-state index in [1.54, 1.807) is 27.4 Å². The first-order valence-electron chi connectivity index (χ1n) is 22.5. The number of ether oxygens (including phenoxy) is 3. The van der Waals surface area contributed by atoms with Crippen molar-refractivity contribution in [1.82, 2.24) is 0 Å². The number of methoxy groups -OCH3 is 3. The average molecular weight is 987 g/mol. The van der Waals surface area contributed by atoms with E-state index in [1.165, 1.54) is 22.3 Å². The molecule has 8 heteroatoms. The van der Waals surface area contributed by atoms with Crippen molar-refractivity contribution >= 4 is 68.9 Å². The Hall–Kier alpha value is -7.15. The molecule has 9 aromatic rings. The highest BCUT2D eigenvalue weighted by atomic mass is 35.5. The fourth-order valence-corrected chi connectivity index (χ4v) is 8.38. The lowest BCUT2D eigenvalue weighted by atomic mass is 10.0. The predicted octanol–water partition coefficient (Wildman–Crippen LogP) is 19.2. The van der Waals surface area contributed by atoms with Crippen LogP contribution in [0.5, 0.6) is 17.2 Å². The van der Waals surface area contributed by atoms with Crippen LogP contribution < -0.4 is 24.0 Å². The number of nitrogens with zero attached hydrogens (tertiary/aromatic N) is 2. The highest BCUT2D eigenvalue weighted by Crippen LogP contribution is 2.40. The van der Waals surface area contributed by atoms with E-state index < -0.39 is 0 Å². The van der Waals surface area contributed by atoms with Gasteiger partial charge in [-0.15, -0.1) is 0 Å². The summed E-state index contributed by atoms with van der Waals surface area (Å²) in [4.78, 5) is 4.53. The van der Waals surface area contributed by atoms with Crippen LogP contribution in [0.3, 0.4) is 0 Å². The first-order valence-corrected chi connectivity index (χ1v) is 23.6. The van der Waals surface area contributed by atoms with Crippen LogP contribution in [0.2, 0.25) is 15.1 Å². The van der Waals surface area contributed by atoms with Crippen LogP contribution in [0.15, 0.2) is 206 Å². The van der Waals surface area contributed by atoms with E-state index in [1.807, 2.05) is 91.0 Å². The number of halogens is 3. The zero-order chi connectivity index (χ0) is 48.9. The molecule has 0 radical (unpaired) electrons. The van der Waals surface area contributed by atoms with E-state index in [0.717, 1.165) is 83.7 Å². The molecular formula is C62H59Cl3N2O3. The molecule has 0 aliphatic heterocycles. The van der Waals surface area contributed by atoms with Crippen LogP contribution in [-0.4, -0.2) is 21.3 Å². The largest absolute Gasteiger partial charge is 0.497 e. The Balaban J connectivity index is 0.000000206. The van der Waals surface area contributed by atoms with Gasteiger partial charge < -0.3 is 24.0 Å². The van der Waals surface area contributed by atoms with Crippen LogP contribution in [0.25, 0.3) is 22.3 Å². The molecule has 0 unspecified atom stereocenters. The third kappa shape index (κ3) is 13.5. The number of benzene rings is 9. The third-order valence-electron chi connectivity index (χ3n) is 11.4. The summed E-state index contributed by atoms with van der Waals surface area (Å²) < 4.78 is 15.7.